The SMILES string of the molecule is C[Si](C)(C1CC1)C1CO1. The molecule has 1 unspecified atom stereocenters. The Bertz CT molecular complexity index is 111. The summed E-state index contributed by atoms with van der Waals surface area (Å²) in [6.45, 7) is 6.03. The highest BCUT2D eigenvalue weighted by molar-refractivity contribution is 6.81. The quantitative estimate of drug-likeness (QED) is 0.423. The van der Waals surface area contributed by atoms with Crippen LogP contribution in [0.15, 0.2) is 0 Å². The molecule has 0 aromatic heterocycles. The van der Waals surface area contributed by atoms with E-state index in [4.69, 9.17) is 4.74 Å². The molecule has 0 bridgehead atoms. The van der Waals surface area contributed by atoms with E-state index in [-0.39, 0.29) is 0 Å². The Morgan fingerprint density at radius 2 is 1.89 bits per heavy atom. The first-order chi connectivity index (χ1) is 4.21. The van der Waals surface area contributed by atoms with Gasteiger partial charge in [-0.3, -0.25) is 0 Å². The van der Waals surface area contributed by atoms with Crippen LogP contribution in [-0.4, -0.2) is 20.4 Å². The van der Waals surface area contributed by atoms with E-state index in [0.717, 1.165) is 17.9 Å². The van der Waals surface area contributed by atoms with Gasteiger partial charge in [0.15, 0.2) is 0 Å². The normalized spacial score (nSPS) is 34.7. The van der Waals surface area contributed by atoms with Crippen LogP contribution in [0.2, 0.25) is 18.6 Å². The smallest absolute Gasteiger partial charge is 0.0876 e. The maximum Gasteiger partial charge on any atom is 0.0876 e. The molecule has 1 saturated heterocycles. The number of hydrogen-bond donors (Lipinski definition) is 0. The zero-order chi connectivity index (χ0) is 6.48. The lowest BCUT2D eigenvalue weighted by molar-refractivity contribution is 0.449. The molecule has 1 aliphatic heterocycles. The van der Waals surface area contributed by atoms with Crippen LogP contribution in [0.5, 0.6) is 0 Å². The predicted octanol–water partition coefficient (Wildman–Crippen LogP) is 1.80. The zero-order valence-corrected chi connectivity index (χ0v) is 7.18. The fourth-order valence-electron chi connectivity index (χ4n) is 1.57. The van der Waals surface area contributed by atoms with E-state index in [0.29, 0.717) is 0 Å². The maximum absolute atomic E-state index is 5.34. The van der Waals surface area contributed by atoms with Crippen LogP contribution in [0.1, 0.15) is 12.8 Å². The lowest BCUT2D eigenvalue weighted by Gasteiger charge is -2.17. The molecule has 0 spiro atoms. The minimum atomic E-state index is -0.858. The zero-order valence-electron chi connectivity index (χ0n) is 6.18. The Morgan fingerprint density at radius 3 is 2.22 bits per heavy atom. The van der Waals surface area contributed by atoms with Crippen molar-refractivity contribution in [1.29, 1.82) is 0 Å². The minimum Gasteiger partial charge on any atom is -0.377 e. The van der Waals surface area contributed by atoms with Crippen LogP contribution >= 0.6 is 0 Å². The van der Waals surface area contributed by atoms with Gasteiger partial charge >= 0.3 is 0 Å². The van der Waals surface area contributed by atoms with Crippen molar-refractivity contribution < 1.29 is 4.74 Å². The van der Waals surface area contributed by atoms with E-state index < -0.39 is 8.07 Å². The summed E-state index contributed by atoms with van der Waals surface area (Å²) in [4.78, 5) is 0. The first-order valence-electron chi connectivity index (χ1n) is 3.83. The molecule has 0 aromatic carbocycles. The van der Waals surface area contributed by atoms with E-state index in [9.17, 15) is 0 Å². The summed E-state index contributed by atoms with van der Waals surface area (Å²) in [6.07, 6.45) is 3.00. The third-order valence-corrected chi connectivity index (χ3v) is 7.47. The minimum absolute atomic E-state index is 0.741. The number of epoxide rings is 1. The van der Waals surface area contributed by atoms with E-state index in [2.05, 4.69) is 13.1 Å². The highest BCUT2D eigenvalue weighted by Gasteiger charge is 2.50. The fourth-order valence-corrected chi connectivity index (χ4v) is 4.70. The van der Waals surface area contributed by atoms with Crippen molar-refractivity contribution in [3.05, 3.63) is 0 Å². The van der Waals surface area contributed by atoms with Gasteiger partial charge in [-0.1, -0.05) is 25.9 Å². The van der Waals surface area contributed by atoms with Gasteiger partial charge in [-0.2, -0.15) is 0 Å². The monoisotopic (exact) mass is 142 g/mol. The molecule has 2 rings (SSSR count). The average Bonchev–Trinajstić information content (AvgIpc) is 2.62. The number of rotatable bonds is 2. The van der Waals surface area contributed by atoms with Crippen LogP contribution in [0.3, 0.4) is 0 Å². The van der Waals surface area contributed by atoms with Gasteiger partial charge in [0.05, 0.1) is 20.4 Å². The summed E-state index contributed by atoms with van der Waals surface area (Å²) in [7, 11) is -0.858. The molecule has 9 heavy (non-hydrogen) atoms. The predicted molar refractivity (Wildman–Crippen MR) is 40.2 cm³/mol. The van der Waals surface area contributed by atoms with Crippen LogP contribution in [0, 0.1) is 0 Å². The molecule has 1 nitrogen and oxygen atoms in total. The molecule has 1 atom stereocenters. The second kappa shape index (κ2) is 1.61. The molecule has 1 saturated carbocycles. The molecule has 0 amide bonds. The lowest BCUT2D eigenvalue weighted by atomic mass is 10.9. The van der Waals surface area contributed by atoms with Crippen molar-refractivity contribution >= 4 is 8.07 Å². The Hall–Kier alpha value is 0.177. The molecular formula is C7H14OSi. The van der Waals surface area contributed by atoms with Crippen LogP contribution in [0.25, 0.3) is 0 Å². The molecule has 2 fully saturated rings. The molecule has 0 radical (unpaired) electrons. The summed E-state index contributed by atoms with van der Waals surface area (Å²) in [5.41, 5.74) is 1.86. The third kappa shape index (κ3) is 0.944. The van der Waals surface area contributed by atoms with E-state index >= 15 is 0 Å². The Balaban J connectivity index is 2.01. The van der Waals surface area contributed by atoms with Crippen LogP contribution in [0.4, 0.5) is 0 Å². The van der Waals surface area contributed by atoms with Crippen molar-refractivity contribution in [3.63, 3.8) is 0 Å². The summed E-state index contributed by atoms with van der Waals surface area (Å²) in [5.74, 6) is 0. The molecule has 2 heteroatoms. The molecule has 0 N–H and O–H groups in total. The molecule has 52 valence electrons. The highest BCUT2D eigenvalue weighted by atomic mass is 28.3. The largest absolute Gasteiger partial charge is 0.377 e. The molecule has 2 aliphatic rings. The van der Waals surface area contributed by atoms with Crippen molar-refractivity contribution in [1.82, 2.24) is 0 Å². The van der Waals surface area contributed by atoms with Gasteiger partial charge in [0, 0.05) is 0 Å². The lowest BCUT2D eigenvalue weighted by Crippen LogP contribution is -2.33. The highest BCUT2D eigenvalue weighted by Crippen LogP contribution is 2.49. The summed E-state index contributed by atoms with van der Waals surface area (Å²) in [6, 6.07) is 0. The van der Waals surface area contributed by atoms with Gasteiger partial charge in [0.2, 0.25) is 0 Å². The average molecular weight is 142 g/mol. The Kier molecular flexibility index (Phi) is 1.06. The molecule has 0 aromatic rings. The fraction of sp³-hybridized carbons (Fsp3) is 1.00. The van der Waals surface area contributed by atoms with E-state index in [1.165, 1.54) is 12.8 Å². The van der Waals surface area contributed by atoms with Gasteiger partial charge in [0.25, 0.3) is 0 Å². The van der Waals surface area contributed by atoms with Crippen LogP contribution < -0.4 is 0 Å². The summed E-state index contributed by atoms with van der Waals surface area (Å²) in [5, 5.41) is 0. The Labute approximate surface area is 57.4 Å². The van der Waals surface area contributed by atoms with Gasteiger partial charge in [0.1, 0.15) is 0 Å². The maximum atomic E-state index is 5.34. The van der Waals surface area contributed by atoms with Crippen molar-refractivity contribution in [2.45, 2.75) is 37.2 Å². The summed E-state index contributed by atoms with van der Waals surface area (Å²) < 4.78 is 5.34. The second-order valence-electron chi connectivity index (χ2n) is 3.92. The van der Waals surface area contributed by atoms with Crippen molar-refractivity contribution in [2.75, 3.05) is 6.61 Å². The standard InChI is InChI=1S/C7H14OSi/c1-9(2,6-3-4-6)7-5-8-7/h6-7H,3-5H2,1-2H3. The van der Waals surface area contributed by atoms with Gasteiger partial charge in [-0.05, 0) is 5.54 Å². The molecule has 1 aliphatic carbocycles. The summed E-state index contributed by atoms with van der Waals surface area (Å²) >= 11 is 0. The number of ether oxygens (including phenoxy) is 1. The van der Waals surface area contributed by atoms with Gasteiger partial charge in [-0.15, -0.1) is 0 Å². The first-order valence-corrected chi connectivity index (χ1v) is 6.98. The topological polar surface area (TPSA) is 12.5 Å². The first kappa shape index (κ1) is 5.92. The van der Waals surface area contributed by atoms with Crippen molar-refractivity contribution in [2.24, 2.45) is 0 Å². The van der Waals surface area contributed by atoms with Crippen LogP contribution in [-0.2, 0) is 4.74 Å². The van der Waals surface area contributed by atoms with Crippen molar-refractivity contribution in [3.8, 4) is 0 Å². The molecule has 1 heterocycles. The van der Waals surface area contributed by atoms with E-state index in [1.54, 1.807) is 0 Å². The third-order valence-electron chi connectivity index (χ3n) is 2.79. The van der Waals surface area contributed by atoms with Gasteiger partial charge in [-0.25, -0.2) is 0 Å². The van der Waals surface area contributed by atoms with E-state index in [1.807, 2.05) is 0 Å². The second-order valence-corrected chi connectivity index (χ2v) is 9.02. The number of hydrogen-bond acceptors (Lipinski definition) is 1. The van der Waals surface area contributed by atoms with Gasteiger partial charge < -0.3 is 4.74 Å². The Morgan fingerprint density at radius 1 is 1.33 bits per heavy atom. The molecular weight excluding hydrogens is 128 g/mol.